The van der Waals surface area contributed by atoms with Crippen molar-refractivity contribution < 1.29 is 9.21 Å². The topological polar surface area (TPSA) is 67.5 Å². The molecule has 0 spiro atoms. The monoisotopic (exact) mass is 401 g/mol. The Labute approximate surface area is 168 Å². The molecule has 7 heteroatoms. The van der Waals surface area contributed by atoms with Gasteiger partial charge in [-0.05, 0) is 54.0 Å². The van der Waals surface area contributed by atoms with Crippen molar-refractivity contribution in [3.05, 3.63) is 57.2 Å². The third-order valence-electron chi connectivity index (χ3n) is 5.03. The van der Waals surface area contributed by atoms with Gasteiger partial charge in [0.15, 0.2) is 5.58 Å². The van der Waals surface area contributed by atoms with Crippen LogP contribution in [0.25, 0.3) is 11.1 Å². The minimum absolute atomic E-state index is 0.00763. The summed E-state index contributed by atoms with van der Waals surface area (Å²) in [6, 6.07) is 9.65. The number of para-hydroxylation sites is 2. The lowest BCUT2D eigenvalue weighted by molar-refractivity contribution is -0.121. The van der Waals surface area contributed by atoms with E-state index in [1.807, 2.05) is 18.2 Å². The van der Waals surface area contributed by atoms with E-state index in [-0.39, 0.29) is 17.7 Å². The van der Waals surface area contributed by atoms with Crippen molar-refractivity contribution >= 4 is 28.3 Å². The fourth-order valence-electron chi connectivity index (χ4n) is 3.51. The largest absolute Gasteiger partial charge is 0.419 e. The Morgan fingerprint density at radius 3 is 2.75 bits per heavy atom. The van der Waals surface area contributed by atoms with Crippen LogP contribution in [0.5, 0.6) is 0 Å². The zero-order valence-corrected chi connectivity index (χ0v) is 17.2. The average molecular weight is 402 g/mol. The lowest BCUT2D eigenvalue weighted by Gasteiger charge is -2.29. The van der Waals surface area contributed by atoms with Gasteiger partial charge in [0.1, 0.15) is 0 Å². The lowest BCUT2D eigenvalue weighted by Crippen LogP contribution is -2.37. The molecule has 0 aliphatic heterocycles. The number of aryl methyl sites for hydroxylation is 1. The fourth-order valence-corrected chi connectivity index (χ4v) is 4.22. The first-order chi connectivity index (χ1) is 13.6. The Hall–Kier alpha value is -2.38. The van der Waals surface area contributed by atoms with Gasteiger partial charge in [-0.15, -0.1) is 0 Å². The average Bonchev–Trinajstić information content (AvgIpc) is 3.33. The number of likely N-dealkylation sites (N-methyl/N-ethyl adjacent to an activating group) is 1. The minimum Gasteiger partial charge on any atom is -0.408 e. The summed E-state index contributed by atoms with van der Waals surface area (Å²) in [7, 11) is 0. The quantitative estimate of drug-likeness (QED) is 0.563. The van der Waals surface area contributed by atoms with Crippen LogP contribution < -0.4 is 11.1 Å². The first-order valence-electron chi connectivity index (χ1n) is 9.75. The number of fused-ring (bicyclic) bond motifs is 1. The number of nitrogens with zero attached hydrogens (tertiary/aromatic N) is 2. The molecule has 2 aromatic heterocycles. The number of hydrogen-bond acceptors (Lipinski definition) is 5. The van der Waals surface area contributed by atoms with Crippen LogP contribution >= 0.6 is 11.3 Å². The standard InChI is InChI=1S/C21H27N3O3S/c1-3-23(4-2)18(16-11-13-28-15-16)14-22-20(25)10-7-12-24-17-8-5-6-9-19(17)27-21(24)26/h5-6,8-9,11,13,15,18H,3-4,7,10,12,14H2,1-2H3,(H,22,25)/t18-/m0/s1. The van der Waals surface area contributed by atoms with Crippen molar-refractivity contribution in [1.82, 2.24) is 14.8 Å². The van der Waals surface area contributed by atoms with Gasteiger partial charge in [0.2, 0.25) is 5.91 Å². The number of nitrogens with one attached hydrogen (secondary N) is 1. The van der Waals surface area contributed by atoms with Crippen LogP contribution in [0.3, 0.4) is 0 Å². The highest BCUT2D eigenvalue weighted by Gasteiger charge is 2.19. The van der Waals surface area contributed by atoms with E-state index in [0.717, 1.165) is 18.6 Å². The first kappa shape index (κ1) is 20.4. The van der Waals surface area contributed by atoms with Gasteiger partial charge in [-0.3, -0.25) is 14.3 Å². The van der Waals surface area contributed by atoms with Gasteiger partial charge in [0, 0.05) is 19.5 Å². The summed E-state index contributed by atoms with van der Waals surface area (Å²) >= 11 is 1.67. The summed E-state index contributed by atoms with van der Waals surface area (Å²) in [5.41, 5.74) is 2.59. The summed E-state index contributed by atoms with van der Waals surface area (Å²) in [4.78, 5) is 26.7. The van der Waals surface area contributed by atoms with Crippen LogP contribution in [0, 0.1) is 0 Å². The highest BCUT2D eigenvalue weighted by molar-refractivity contribution is 7.07. The lowest BCUT2D eigenvalue weighted by atomic mass is 10.1. The number of rotatable bonds is 10. The van der Waals surface area contributed by atoms with Gasteiger partial charge in [-0.2, -0.15) is 11.3 Å². The Kier molecular flexibility index (Phi) is 7.06. The molecule has 2 heterocycles. The molecule has 0 fully saturated rings. The van der Waals surface area contributed by atoms with Crippen LogP contribution in [-0.2, 0) is 11.3 Å². The minimum atomic E-state index is -0.374. The summed E-state index contributed by atoms with van der Waals surface area (Å²) in [5, 5.41) is 7.28. The molecule has 0 aliphatic rings. The van der Waals surface area contributed by atoms with Gasteiger partial charge in [0.25, 0.3) is 0 Å². The van der Waals surface area contributed by atoms with E-state index < -0.39 is 0 Å². The van der Waals surface area contributed by atoms with Gasteiger partial charge < -0.3 is 9.73 Å². The molecule has 3 aromatic rings. The maximum Gasteiger partial charge on any atom is 0.419 e. The summed E-state index contributed by atoms with van der Waals surface area (Å²) < 4.78 is 6.82. The Morgan fingerprint density at radius 2 is 2.04 bits per heavy atom. The number of oxazole rings is 1. The predicted octanol–water partition coefficient (Wildman–Crippen LogP) is 3.64. The van der Waals surface area contributed by atoms with E-state index in [0.29, 0.717) is 31.5 Å². The number of carbonyl (C=O) groups is 1. The third-order valence-corrected chi connectivity index (χ3v) is 5.73. The summed E-state index contributed by atoms with van der Waals surface area (Å²) in [6.07, 6.45) is 0.963. The van der Waals surface area contributed by atoms with Gasteiger partial charge in [-0.1, -0.05) is 26.0 Å². The molecule has 28 heavy (non-hydrogen) atoms. The number of carbonyl (C=O) groups excluding carboxylic acids is 1. The predicted molar refractivity (Wildman–Crippen MR) is 113 cm³/mol. The van der Waals surface area contributed by atoms with Crippen LogP contribution in [0.1, 0.15) is 38.3 Å². The molecule has 150 valence electrons. The van der Waals surface area contributed by atoms with E-state index in [1.165, 1.54) is 5.56 Å². The molecular weight excluding hydrogens is 374 g/mol. The van der Waals surface area contributed by atoms with Crippen LogP contribution in [-0.4, -0.2) is 35.0 Å². The zero-order valence-electron chi connectivity index (χ0n) is 16.4. The molecule has 0 bridgehead atoms. The van der Waals surface area contributed by atoms with Crippen LogP contribution in [0.2, 0.25) is 0 Å². The molecule has 0 saturated heterocycles. The Balaban J connectivity index is 1.53. The van der Waals surface area contributed by atoms with Crippen molar-refractivity contribution in [2.24, 2.45) is 0 Å². The van der Waals surface area contributed by atoms with E-state index in [9.17, 15) is 9.59 Å². The van der Waals surface area contributed by atoms with Crippen LogP contribution in [0.4, 0.5) is 0 Å². The molecule has 1 aromatic carbocycles. The summed E-state index contributed by atoms with van der Waals surface area (Å²) in [6.45, 7) is 7.20. The Bertz CT molecular complexity index is 941. The van der Waals surface area contributed by atoms with Gasteiger partial charge >= 0.3 is 5.76 Å². The van der Waals surface area contributed by atoms with E-state index in [2.05, 4.69) is 40.9 Å². The molecule has 0 aliphatic carbocycles. The van der Waals surface area contributed by atoms with Crippen LogP contribution in [0.15, 0.2) is 50.3 Å². The molecule has 0 unspecified atom stereocenters. The van der Waals surface area contributed by atoms with Crippen molar-refractivity contribution in [2.75, 3.05) is 19.6 Å². The number of benzene rings is 1. The van der Waals surface area contributed by atoms with E-state index >= 15 is 0 Å². The van der Waals surface area contributed by atoms with Crippen molar-refractivity contribution in [2.45, 2.75) is 39.3 Å². The molecule has 1 atom stereocenters. The highest BCUT2D eigenvalue weighted by atomic mass is 32.1. The maximum absolute atomic E-state index is 12.4. The first-order valence-corrected chi connectivity index (χ1v) is 10.7. The third kappa shape index (κ3) is 4.72. The van der Waals surface area contributed by atoms with Gasteiger partial charge in [-0.25, -0.2) is 4.79 Å². The number of thiophene rings is 1. The second-order valence-electron chi connectivity index (χ2n) is 6.69. The number of amides is 1. The highest BCUT2D eigenvalue weighted by Crippen LogP contribution is 2.22. The second kappa shape index (κ2) is 9.71. The Morgan fingerprint density at radius 1 is 1.25 bits per heavy atom. The molecule has 1 N–H and O–H groups in total. The SMILES string of the molecule is CCN(CC)[C@@H](CNC(=O)CCCn1c(=O)oc2ccccc21)c1ccsc1. The number of hydrogen-bond donors (Lipinski definition) is 1. The molecule has 0 saturated carbocycles. The zero-order chi connectivity index (χ0) is 19.9. The van der Waals surface area contributed by atoms with Gasteiger partial charge in [0.05, 0.1) is 11.6 Å². The molecular formula is C21H27N3O3S. The second-order valence-corrected chi connectivity index (χ2v) is 7.47. The molecule has 0 radical (unpaired) electrons. The van der Waals surface area contributed by atoms with E-state index in [4.69, 9.17) is 4.42 Å². The molecule has 6 nitrogen and oxygen atoms in total. The van der Waals surface area contributed by atoms with Crippen molar-refractivity contribution in [1.29, 1.82) is 0 Å². The number of aromatic nitrogens is 1. The molecule has 3 rings (SSSR count). The van der Waals surface area contributed by atoms with Crippen molar-refractivity contribution in [3.63, 3.8) is 0 Å². The fraction of sp³-hybridized carbons (Fsp3) is 0.429. The van der Waals surface area contributed by atoms with Crippen molar-refractivity contribution in [3.8, 4) is 0 Å². The van der Waals surface area contributed by atoms with E-state index in [1.54, 1.807) is 22.0 Å². The normalized spacial score (nSPS) is 12.5. The smallest absolute Gasteiger partial charge is 0.408 e. The maximum atomic E-state index is 12.4. The molecule has 1 amide bonds. The summed E-state index contributed by atoms with van der Waals surface area (Å²) in [5.74, 6) is -0.367.